The van der Waals surface area contributed by atoms with Crippen molar-refractivity contribution in [2.45, 2.75) is 43.8 Å². The van der Waals surface area contributed by atoms with E-state index in [1.165, 1.54) is 0 Å². The molecule has 0 fully saturated rings. The molecule has 0 aromatic heterocycles. The van der Waals surface area contributed by atoms with Gasteiger partial charge in [-0.1, -0.05) is 48.5 Å². The minimum atomic E-state index is -1.18. The Morgan fingerprint density at radius 2 is 1.12 bits per heavy atom. The Kier molecular flexibility index (Phi) is 8.77. The second-order valence-electron chi connectivity index (χ2n) is 7.54. The highest BCUT2D eigenvalue weighted by atomic mass is 16.4. The molecule has 0 saturated carbocycles. The molecule has 2 aromatic carbocycles. The summed E-state index contributed by atoms with van der Waals surface area (Å²) in [5.41, 5.74) is 18.8. The fourth-order valence-corrected chi connectivity index (χ4v) is 3.31. The van der Waals surface area contributed by atoms with Crippen molar-refractivity contribution < 1.29 is 29.4 Å². The zero-order valence-electron chi connectivity index (χ0n) is 17.4. The summed E-state index contributed by atoms with van der Waals surface area (Å²) in [5, 5.41) is 18.1. The van der Waals surface area contributed by atoms with Crippen LogP contribution in [0.4, 0.5) is 0 Å². The molecule has 8 N–H and O–H groups in total. The summed E-state index contributed by atoms with van der Waals surface area (Å²) < 4.78 is 0. The zero-order chi connectivity index (χ0) is 23.8. The Morgan fingerprint density at radius 1 is 0.688 bits per heavy atom. The standard InChI is InChI=1S/C23H27N3O6/c24-17(21(28)16-8-4-2-6-14(16)12-19(26)23(31)32)9-10-20(27)15-7-3-1-5-13(15)11-18(25)22(29)30/h1-8,17-19H,9-12,24-26H2,(H,29,30)(H,31,32). The molecule has 0 radical (unpaired) electrons. The van der Waals surface area contributed by atoms with Crippen LogP contribution in [0.1, 0.15) is 44.7 Å². The van der Waals surface area contributed by atoms with Crippen molar-refractivity contribution in [1.29, 1.82) is 0 Å². The number of rotatable bonds is 12. The van der Waals surface area contributed by atoms with Crippen LogP contribution in [0.5, 0.6) is 0 Å². The Hall–Kier alpha value is -3.40. The molecule has 2 aromatic rings. The first-order valence-corrected chi connectivity index (χ1v) is 10.1. The Labute approximate surface area is 185 Å². The van der Waals surface area contributed by atoms with E-state index in [0.717, 1.165) is 0 Å². The number of hydrogen-bond donors (Lipinski definition) is 5. The van der Waals surface area contributed by atoms with Crippen molar-refractivity contribution in [3.63, 3.8) is 0 Å². The summed E-state index contributed by atoms with van der Waals surface area (Å²) in [6, 6.07) is 9.80. The van der Waals surface area contributed by atoms with E-state index >= 15 is 0 Å². The number of carbonyl (C=O) groups is 4. The number of carbonyl (C=O) groups excluding carboxylic acids is 2. The maximum atomic E-state index is 12.8. The number of benzene rings is 2. The lowest BCUT2D eigenvalue weighted by Gasteiger charge is -2.16. The number of hydrogen-bond acceptors (Lipinski definition) is 7. The van der Waals surface area contributed by atoms with Gasteiger partial charge in [0, 0.05) is 17.5 Å². The number of aliphatic carboxylic acids is 2. The molecule has 0 amide bonds. The summed E-state index contributed by atoms with van der Waals surface area (Å²) in [6.45, 7) is 0. The van der Waals surface area contributed by atoms with Crippen LogP contribution in [0.3, 0.4) is 0 Å². The van der Waals surface area contributed by atoms with Crippen molar-refractivity contribution in [3.8, 4) is 0 Å². The van der Waals surface area contributed by atoms with E-state index in [1.54, 1.807) is 48.5 Å². The summed E-state index contributed by atoms with van der Waals surface area (Å²) in [5.74, 6) is -3.03. The Morgan fingerprint density at radius 3 is 1.62 bits per heavy atom. The topological polar surface area (TPSA) is 187 Å². The highest BCUT2D eigenvalue weighted by molar-refractivity contribution is 6.02. The number of carboxylic acid groups (broad SMARTS) is 2. The summed E-state index contributed by atoms with van der Waals surface area (Å²) >= 11 is 0. The maximum Gasteiger partial charge on any atom is 0.320 e. The molecule has 9 heteroatoms. The average molecular weight is 441 g/mol. The quantitative estimate of drug-likeness (QED) is 0.296. The van der Waals surface area contributed by atoms with Gasteiger partial charge >= 0.3 is 11.9 Å². The smallest absolute Gasteiger partial charge is 0.320 e. The minimum Gasteiger partial charge on any atom is -0.480 e. The number of ketones is 2. The molecule has 0 saturated heterocycles. The summed E-state index contributed by atoms with van der Waals surface area (Å²) in [7, 11) is 0. The van der Waals surface area contributed by atoms with Crippen molar-refractivity contribution in [2.24, 2.45) is 17.2 Å². The first-order valence-electron chi connectivity index (χ1n) is 10.1. The molecule has 9 nitrogen and oxygen atoms in total. The van der Waals surface area contributed by atoms with Crippen molar-refractivity contribution in [3.05, 3.63) is 70.8 Å². The molecule has 170 valence electrons. The van der Waals surface area contributed by atoms with Crippen LogP contribution in [0, 0.1) is 0 Å². The van der Waals surface area contributed by atoms with Gasteiger partial charge in [-0.3, -0.25) is 19.2 Å². The lowest BCUT2D eigenvalue weighted by atomic mass is 9.91. The zero-order valence-corrected chi connectivity index (χ0v) is 17.4. The van der Waals surface area contributed by atoms with E-state index in [0.29, 0.717) is 16.7 Å². The van der Waals surface area contributed by atoms with Crippen molar-refractivity contribution in [1.82, 2.24) is 0 Å². The van der Waals surface area contributed by atoms with E-state index in [2.05, 4.69) is 0 Å². The highest BCUT2D eigenvalue weighted by Crippen LogP contribution is 2.18. The Balaban J connectivity index is 2.08. The molecule has 3 atom stereocenters. The van der Waals surface area contributed by atoms with Crippen LogP contribution in [-0.2, 0) is 22.4 Å². The second kappa shape index (κ2) is 11.3. The van der Waals surface area contributed by atoms with Gasteiger partial charge in [-0.05, 0) is 30.4 Å². The largest absolute Gasteiger partial charge is 0.480 e. The molecule has 0 spiro atoms. The fourth-order valence-electron chi connectivity index (χ4n) is 3.31. The predicted molar refractivity (Wildman–Crippen MR) is 117 cm³/mol. The second-order valence-corrected chi connectivity index (χ2v) is 7.54. The van der Waals surface area contributed by atoms with Gasteiger partial charge < -0.3 is 27.4 Å². The van der Waals surface area contributed by atoms with Crippen LogP contribution in [0.2, 0.25) is 0 Å². The molecule has 32 heavy (non-hydrogen) atoms. The van der Waals surface area contributed by atoms with E-state index in [4.69, 9.17) is 27.4 Å². The summed E-state index contributed by atoms with van der Waals surface area (Å²) in [4.78, 5) is 47.7. The first kappa shape index (κ1) is 24.9. The van der Waals surface area contributed by atoms with Crippen LogP contribution < -0.4 is 17.2 Å². The monoisotopic (exact) mass is 441 g/mol. The molecule has 3 unspecified atom stereocenters. The number of Topliss-reactive ketones (excluding diaryl/α,β-unsaturated/α-hetero) is 2. The van der Waals surface area contributed by atoms with E-state index in [1.807, 2.05) is 0 Å². The van der Waals surface area contributed by atoms with Gasteiger partial charge in [0.25, 0.3) is 0 Å². The van der Waals surface area contributed by atoms with Crippen molar-refractivity contribution in [2.75, 3.05) is 0 Å². The molecule has 0 bridgehead atoms. The lowest BCUT2D eigenvalue weighted by molar-refractivity contribution is -0.139. The SMILES string of the molecule is NC(Cc1ccccc1C(=O)CCC(N)C(=O)c1ccccc1CC(N)C(=O)O)C(=O)O. The third-order valence-electron chi connectivity index (χ3n) is 5.13. The van der Waals surface area contributed by atoms with Crippen LogP contribution >= 0.6 is 0 Å². The molecule has 0 aliphatic carbocycles. The average Bonchev–Trinajstić information content (AvgIpc) is 2.77. The Bertz CT molecular complexity index is 1010. The molecule has 2 rings (SSSR count). The van der Waals surface area contributed by atoms with Crippen LogP contribution in [0.15, 0.2) is 48.5 Å². The van der Waals surface area contributed by atoms with E-state index in [-0.39, 0.29) is 37.0 Å². The van der Waals surface area contributed by atoms with Gasteiger partial charge in [0.15, 0.2) is 11.6 Å². The van der Waals surface area contributed by atoms with Gasteiger partial charge in [-0.2, -0.15) is 0 Å². The fraction of sp³-hybridized carbons (Fsp3) is 0.304. The van der Waals surface area contributed by atoms with Gasteiger partial charge in [0.1, 0.15) is 12.1 Å². The highest BCUT2D eigenvalue weighted by Gasteiger charge is 2.23. The van der Waals surface area contributed by atoms with Crippen LogP contribution in [-0.4, -0.2) is 51.8 Å². The third kappa shape index (κ3) is 6.55. The summed E-state index contributed by atoms with van der Waals surface area (Å²) in [6.07, 6.45) is 0.0128. The lowest BCUT2D eigenvalue weighted by Crippen LogP contribution is -2.35. The number of nitrogens with two attached hydrogens (primary N) is 3. The first-order chi connectivity index (χ1) is 15.1. The van der Waals surface area contributed by atoms with Gasteiger partial charge in [0.05, 0.1) is 6.04 Å². The van der Waals surface area contributed by atoms with Gasteiger partial charge in [0.2, 0.25) is 0 Å². The van der Waals surface area contributed by atoms with Gasteiger partial charge in [-0.25, -0.2) is 0 Å². The third-order valence-corrected chi connectivity index (χ3v) is 5.13. The normalized spacial score (nSPS) is 13.7. The molecule has 0 aliphatic rings. The molecular formula is C23H27N3O6. The predicted octanol–water partition coefficient (Wildman–Crippen LogP) is 0.769. The van der Waals surface area contributed by atoms with Gasteiger partial charge in [-0.15, -0.1) is 0 Å². The number of carboxylic acids is 2. The molecular weight excluding hydrogens is 414 g/mol. The maximum absolute atomic E-state index is 12.8. The molecule has 0 aliphatic heterocycles. The van der Waals surface area contributed by atoms with E-state index in [9.17, 15) is 19.2 Å². The van der Waals surface area contributed by atoms with Crippen molar-refractivity contribution >= 4 is 23.5 Å². The molecule has 0 heterocycles. The van der Waals surface area contributed by atoms with E-state index < -0.39 is 35.8 Å². The minimum absolute atomic E-state index is 0.000557. The van der Waals surface area contributed by atoms with Crippen LogP contribution in [0.25, 0.3) is 0 Å².